The number of pyridine rings is 1. The third kappa shape index (κ3) is 6.99. The molecule has 1 saturated heterocycles. The van der Waals surface area contributed by atoms with Gasteiger partial charge < -0.3 is 5.32 Å². The van der Waals surface area contributed by atoms with Crippen LogP contribution in [0, 0.1) is 6.92 Å². The van der Waals surface area contributed by atoms with E-state index in [0.717, 1.165) is 54.3 Å². The zero-order valence-electron chi connectivity index (χ0n) is 22.1. The highest BCUT2D eigenvalue weighted by Gasteiger charge is 2.27. The molecule has 39 heavy (non-hydrogen) atoms. The molecule has 0 radical (unpaired) electrons. The summed E-state index contributed by atoms with van der Waals surface area (Å²) in [7, 11) is -1.99. The Labute approximate surface area is 229 Å². The zero-order chi connectivity index (χ0) is 27.2. The van der Waals surface area contributed by atoms with Crippen LogP contribution in [0.25, 0.3) is 11.5 Å². The Morgan fingerprint density at radius 1 is 0.897 bits per heavy atom. The van der Waals surface area contributed by atoms with E-state index >= 15 is 0 Å². The molecule has 0 amide bonds. The topological polar surface area (TPSA) is 126 Å². The second-order valence-corrected chi connectivity index (χ2v) is 11.4. The maximum absolute atomic E-state index is 12.8. The molecule has 4 heterocycles. The summed E-state index contributed by atoms with van der Waals surface area (Å²) in [6, 6.07) is 16.9. The fourth-order valence-electron chi connectivity index (χ4n) is 4.56. The predicted molar refractivity (Wildman–Crippen MR) is 150 cm³/mol. The first-order valence-corrected chi connectivity index (χ1v) is 14.4. The van der Waals surface area contributed by atoms with Crippen molar-refractivity contribution in [2.45, 2.75) is 38.6 Å². The molecular weight excluding hydrogens is 512 g/mol. The van der Waals surface area contributed by atoms with E-state index in [1.165, 1.54) is 4.31 Å². The number of anilines is 1. The Morgan fingerprint density at radius 2 is 1.62 bits per heavy atom. The first-order chi connectivity index (χ1) is 18.9. The van der Waals surface area contributed by atoms with Gasteiger partial charge >= 0.3 is 10.2 Å². The van der Waals surface area contributed by atoms with Gasteiger partial charge in [0.05, 0.1) is 11.4 Å². The van der Waals surface area contributed by atoms with Crippen molar-refractivity contribution in [1.82, 2.24) is 34.5 Å². The smallest absolute Gasteiger partial charge is 0.301 e. The number of aromatic nitrogens is 5. The summed E-state index contributed by atoms with van der Waals surface area (Å²) in [5, 5.41) is 3.26. The molecule has 5 rings (SSSR count). The summed E-state index contributed by atoms with van der Waals surface area (Å²) in [5.41, 5.74) is 4.86. The molecule has 3 aromatic heterocycles. The largest absolute Gasteiger partial charge is 0.317 e. The molecule has 1 aliphatic rings. The molecule has 0 spiro atoms. The van der Waals surface area contributed by atoms with Crippen LogP contribution in [-0.2, 0) is 23.1 Å². The number of nitrogens with one attached hydrogen (secondary N) is 2. The van der Waals surface area contributed by atoms with E-state index in [0.29, 0.717) is 30.2 Å². The lowest BCUT2D eigenvalue weighted by Crippen LogP contribution is -2.45. The molecule has 202 valence electrons. The highest BCUT2D eigenvalue weighted by atomic mass is 32.2. The molecule has 11 heteroatoms. The van der Waals surface area contributed by atoms with Crippen LogP contribution < -0.4 is 10.0 Å². The molecule has 10 nitrogen and oxygen atoms in total. The second-order valence-electron chi connectivity index (χ2n) is 9.65. The number of hydrogen-bond donors (Lipinski definition) is 2. The van der Waals surface area contributed by atoms with Crippen molar-refractivity contribution in [3.63, 3.8) is 0 Å². The van der Waals surface area contributed by atoms with Gasteiger partial charge in [0, 0.05) is 49.7 Å². The minimum absolute atomic E-state index is 0.000545. The maximum Gasteiger partial charge on any atom is 0.301 e. The van der Waals surface area contributed by atoms with E-state index in [9.17, 15) is 8.42 Å². The Balaban J connectivity index is 1.22. The molecule has 4 aromatic rings. The van der Waals surface area contributed by atoms with E-state index < -0.39 is 10.2 Å². The number of aryl methyl sites for hydroxylation is 1. The Hall–Kier alpha value is -3.80. The molecule has 0 aliphatic carbocycles. The summed E-state index contributed by atoms with van der Waals surface area (Å²) in [6.45, 7) is 3.59. The van der Waals surface area contributed by atoms with Gasteiger partial charge in [-0.05, 0) is 74.8 Å². The number of nitrogens with zero attached hydrogens (tertiary/aromatic N) is 6. The highest BCUT2D eigenvalue weighted by molar-refractivity contribution is 7.90. The highest BCUT2D eigenvalue weighted by Crippen LogP contribution is 2.19. The van der Waals surface area contributed by atoms with Crippen LogP contribution in [-0.4, -0.2) is 63.8 Å². The first-order valence-electron chi connectivity index (χ1n) is 13.0. The van der Waals surface area contributed by atoms with Crippen LogP contribution in [0.15, 0.2) is 67.0 Å². The fourth-order valence-corrected chi connectivity index (χ4v) is 5.74. The van der Waals surface area contributed by atoms with Crippen LogP contribution in [0.2, 0.25) is 0 Å². The van der Waals surface area contributed by atoms with E-state index in [1.54, 1.807) is 31.6 Å². The average Bonchev–Trinajstić information content (AvgIpc) is 2.94. The third-order valence-corrected chi connectivity index (χ3v) is 8.27. The van der Waals surface area contributed by atoms with Crippen LogP contribution in [0.5, 0.6) is 0 Å². The Bertz CT molecular complexity index is 1520. The van der Waals surface area contributed by atoms with E-state index in [4.69, 9.17) is 4.98 Å². The normalized spacial score (nSPS) is 14.4. The van der Waals surface area contributed by atoms with Crippen LogP contribution in [0.3, 0.4) is 0 Å². The van der Waals surface area contributed by atoms with Crippen molar-refractivity contribution in [2.24, 2.45) is 0 Å². The fraction of sp³-hybridized carbons (Fsp3) is 0.321. The first kappa shape index (κ1) is 26.8. The van der Waals surface area contributed by atoms with Gasteiger partial charge in [0.2, 0.25) is 0 Å². The average molecular weight is 545 g/mol. The monoisotopic (exact) mass is 544 g/mol. The van der Waals surface area contributed by atoms with Crippen molar-refractivity contribution in [3.05, 3.63) is 95.5 Å². The van der Waals surface area contributed by atoms with E-state index in [2.05, 4.69) is 30.0 Å². The van der Waals surface area contributed by atoms with E-state index in [1.807, 2.05) is 49.4 Å². The van der Waals surface area contributed by atoms with Gasteiger partial charge in [0.1, 0.15) is 11.5 Å². The van der Waals surface area contributed by atoms with Crippen LogP contribution in [0.4, 0.5) is 5.69 Å². The number of hydrogen-bond acceptors (Lipinski definition) is 8. The zero-order valence-corrected chi connectivity index (χ0v) is 22.9. The SMILES string of the molecule is Cc1cccc(-c2nccc(Cc3ccnc(Cc4ccc(NS(=O)(=O)N(C)C5CCNCC5)cc4)n3)n2)n1. The lowest BCUT2D eigenvalue weighted by Gasteiger charge is -2.30. The van der Waals surface area contributed by atoms with E-state index in [-0.39, 0.29) is 6.04 Å². The van der Waals surface area contributed by atoms with Crippen molar-refractivity contribution < 1.29 is 8.42 Å². The minimum Gasteiger partial charge on any atom is -0.317 e. The van der Waals surface area contributed by atoms with Crippen LogP contribution >= 0.6 is 0 Å². The van der Waals surface area contributed by atoms with Crippen molar-refractivity contribution in [1.29, 1.82) is 0 Å². The van der Waals surface area contributed by atoms with Crippen molar-refractivity contribution in [2.75, 3.05) is 24.9 Å². The third-order valence-electron chi connectivity index (χ3n) is 6.72. The second kappa shape index (κ2) is 11.9. The molecule has 2 N–H and O–H groups in total. The number of rotatable bonds is 9. The number of piperidine rings is 1. The van der Waals surface area contributed by atoms with Gasteiger partial charge in [-0.2, -0.15) is 12.7 Å². The summed E-state index contributed by atoms with van der Waals surface area (Å²) in [5.74, 6) is 1.27. The Kier molecular flexibility index (Phi) is 8.20. The molecule has 0 saturated carbocycles. The summed E-state index contributed by atoms with van der Waals surface area (Å²) in [4.78, 5) is 22.7. The van der Waals surface area contributed by atoms with Gasteiger partial charge in [-0.1, -0.05) is 18.2 Å². The molecule has 0 atom stereocenters. The van der Waals surface area contributed by atoms with Gasteiger partial charge in [-0.25, -0.2) is 24.9 Å². The van der Waals surface area contributed by atoms with Gasteiger partial charge in [-0.3, -0.25) is 4.72 Å². The Morgan fingerprint density at radius 3 is 2.36 bits per heavy atom. The van der Waals surface area contributed by atoms with Crippen molar-refractivity contribution in [3.8, 4) is 11.5 Å². The lowest BCUT2D eigenvalue weighted by molar-refractivity contribution is 0.298. The van der Waals surface area contributed by atoms with Gasteiger partial charge in [-0.15, -0.1) is 0 Å². The van der Waals surface area contributed by atoms with Gasteiger partial charge in [0.25, 0.3) is 0 Å². The van der Waals surface area contributed by atoms with Crippen LogP contribution in [0.1, 0.15) is 41.3 Å². The maximum atomic E-state index is 12.8. The molecule has 1 aliphatic heterocycles. The van der Waals surface area contributed by atoms with Crippen molar-refractivity contribution >= 4 is 15.9 Å². The molecule has 0 unspecified atom stereocenters. The lowest BCUT2D eigenvalue weighted by atomic mass is 10.1. The standard InChI is InChI=1S/C28H32N8O2S/c1-20-4-3-5-26(32-20)28-31-17-11-24(34-28)19-23-10-16-30-27(33-23)18-21-6-8-22(9-7-21)35-39(37,38)36(2)25-12-14-29-15-13-25/h3-11,16-17,25,29,35H,12-15,18-19H2,1-2H3. The van der Waals surface area contributed by atoms with Gasteiger partial charge in [0.15, 0.2) is 5.82 Å². The predicted octanol–water partition coefficient (Wildman–Crippen LogP) is 3.16. The summed E-state index contributed by atoms with van der Waals surface area (Å²) in [6.07, 6.45) is 6.17. The minimum atomic E-state index is -3.63. The summed E-state index contributed by atoms with van der Waals surface area (Å²) >= 11 is 0. The molecule has 1 fully saturated rings. The molecule has 1 aromatic carbocycles. The summed E-state index contributed by atoms with van der Waals surface area (Å²) < 4.78 is 29.8. The number of benzene rings is 1. The molecule has 0 bridgehead atoms. The molecular formula is C28H32N8O2S. The quantitative estimate of drug-likeness (QED) is 0.329.